The molecule has 2 aromatic carbocycles. The van der Waals surface area contributed by atoms with Gasteiger partial charge in [-0.1, -0.05) is 50.2 Å². The summed E-state index contributed by atoms with van der Waals surface area (Å²) in [6.07, 6.45) is 1.17. The summed E-state index contributed by atoms with van der Waals surface area (Å²) in [6.45, 7) is 7.48. The van der Waals surface area contributed by atoms with Crippen LogP contribution in [0.25, 0.3) is 11.0 Å². The first-order chi connectivity index (χ1) is 14.8. The van der Waals surface area contributed by atoms with Crippen LogP contribution in [0.4, 0.5) is 0 Å². The predicted molar refractivity (Wildman–Crippen MR) is 123 cm³/mol. The molecule has 31 heavy (non-hydrogen) atoms. The van der Waals surface area contributed by atoms with Gasteiger partial charge in [-0.25, -0.2) is 13.4 Å². The molecule has 1 aromatic heterocycles. The molecule has 166 valence electrons. The number of fused-ring (bicyclic) bond motifs is 1. The van der Waals surface area contributed by atoms with Crippen LogP contribution in [-0.4, -0.2) is 48.1 Å². The number of nitrogens with zero attached hydrogens (tertiary/aromatic N) is 3. The van der Waals surface area contributed by atoms with Gasteiger partial charge in [-0.2, -0.15) is 0 Å². The fraction of sp³-hybridized carbons (Fsp3) is 0.391. The Morgan fingerprint density at radius 1 is 1.03 bits per heavy atom. The van der Waals surface area contributed by atoms with Crippen molar-refractivity contribution >= 4 is 26.8 Å². The number of carbonyl (C=O) groups is 1. The summed E-state index contributed by atoms with van der Waals surface area (Å²) >= 11 is 0. The normalized spacial score (nSPS) is 11.9. The van der Waals surface area contributed by atoms with Gasteiger partial charge in [-0.15, -0.1) is 0 Å². The molecule has 0 spiro atoms. The SMILES string of the molecule is CCN(CC)Cc1ccccc1CNC(=O)Cn1c(CS(C)(=O)=O)nc2ccccc21. The molecule has 0 aliphatic rings. The first-order valence-corrected chi connectivity index (χ1v) is 12.5. The maximum absolute atomic E-state index is 12.8. The molecule has 0 aliphatic carbocycles. The predicted octanol–water partition coefficient (Wildman–Crippen LogP) is 2.74. The summed E-state index contributed by atoms with van der Waals surface area (Å²) < 4.78 is 25.4. The summed E-state index contributed by atoms with van der Waals surface area (Å²) in [5.41, 5.74) is 3.70. The quantitative estimate of drug-likeness (QED) is 0.522. The minimum Gasteiger partial charge on any atom is -0.350 e. The van der Waals surface area contributed by atoms with Crippen LogP contribution in [0.1, 0.15) is 30.8 Å². The maximum Gasteiger partial charge on any atom is 0.240 e. The number of para-hydroxylation sites is 2. The third kappa shape index (κ3) is 6.15. The van der Waals surface area contributed by atoms with Crippen LogP contribution in [-0.2, 0) is 40.0 Å². The van der Waals surface area contributed by atoms with Crippen molar-refractivity contribution in [1.82, 2.24) is 19.8 Å². The number of carbonyl (C=O) groups excluding carboxylic acids is 1. The Kier molecular flexibility index (Phi) is 7.46. The molecule has 3 rings (SSSR count). The maximum atomic E-state index is 12.8. The van der Waals surface area contributed by atoms with E-state index in [1.165, 1.54) is 11.8 Å². The molecule has 1 amide bonds. The van der Waals surface area contributed by atoms with Crippen molar-refractivity contribution in [2.24, 2.45) is 0 Å². The lowest BCUT2D eigenvalue weighted by Crippen LogP contribution is -2.29. The molecule has 0 fully saturated rings. The van der Waals surface area contributed by atoms with E-state index in [2.05, 4.69) is 35.1 Å². The average Bonchev–Trinajstić information content (AvgIpc) is 3.06. The molecule has 8 heteroatoms. The molecule has 0 aliphatic heterocycles. The number of nitrogens with one attached hydrogen (secondary N) is 1. The third-order valence-electron chi connectivity index (χ3n) is 5.31. The highest BCUT2D eigenvalue weighted by atomic mass is 32.2. The van der Waals surface area contributed by atoms with Crippen molar-refractivity contribution in [1.29, 1.82) is 0 Å². The zero-order valence-corrected chi connectivity index (χ0v) is 19.2. The fourth-order valence-corrected chi connectivity index (χ4v) is 4.30. The Morgan fingerprint density at radius 2 is 1.68 bits per heavy atom. The lowest BCUT2D eigenvalue weighted by molar-refractivity contribution is -0.121. The molecule has 0 bridgehead atoms. The summed E-state index contributed by atoms with van der Waals surface area (Å²) in [6, 6.07) is 15.5. The lowest BCUT2D eigenvalue weighted by Gasteiger charge is -2.20. The molecule has 3 aromatic rings. The Balaban J connectivity index is 1.75. The molecule has 1 heterocycles. The van der Waals surface area contributed by atoms with Gasteiger partial charge in [0, 0.05) is 19.3 Å². The molecule has 1 N–H and O–H groups in total. The van der Waals surface area contributed by atoms with Gasteiger partial charge in [0.2, 0.25) is 5.91 Å². The Labute approximate surface area is 184 Å². The van der Waals surface area contributed by atoms with Crippen molar-refractivity contribution < 1.29 is 13.2 Å². The number of sulfone groups is 1. The second-order valence-electron chi connectivity index (χ2n) is 7.68. The lowest BCUT2D eigenvalue weighted by atomic mass is 10.1. The van der Waals surface area contributed by atoms with E-state index in [0.717, 1.165) is 30.7 Å². The van der Waals surface area contributed by atoms with Crippen molar-refractivity contribution in [3.8, 4) is 0 Å². The van der Waals surface area contributed by atoms with Crippen molar-refractivity contribution in [3.05, 3.63) is 65.5 Å². The number of rotatable bonds is 10. The Morgan fingerprint density at radius 3 is 2.35 bits per heavy atom. The van der Waals surface area contributed by atoms with Gasteiger partial charge in [-0.3, -0.25) is 9.69 Å². The molecule has 0 saturated carbocycles. The standard InChI is InChI=1S/C23H30N4O3S/c1-4-26(5-2)15-19-11-7-6-10-18(19)14-24-23(28)16-27-21-13-9-8-12-20(21)25-22(27)17-31(3,29)30/h6-13H,4-5,14-17H2,1-3H3,(H,24,28). The van der Waals surface area contributed by atoms with Crippen LogP contribution in [0.2, 0.25) is 0 Å². The van der Waals surface area contributed by atoms with Gasteiger partial charge in [0.25, 0.3) is 0 Å². The van der Waals surface area contributed by atoms with Gasteiger partial charge in [-0.05, 0) is 36.3 Å². The number of benzene rings is 2. The van der Waals surface area contributed by atoms with E-state index in [9.17, 15) is 13.2 Å². The van der Waals surface area contributed by atoms with Crippen molar-refractivity contribution in [2.75, 3.05) is 19.3 Å². The van der Waals surface area contributed by atoms with Gasteiger partial charge in [0.1, 0.15) is 18.1 Å². The fourth-order valence-electron chi connectivity index (χ4n) is 3.61. The summed E-state index contributed by atoms with van der Waals surface area (Å²) in [5, 5.41) is 2.99. The Hall–Kier alpha value is -2.71. The first kappa shape index (κ1) is 23.0. The minimum absolute atomic E-state index is 0.0174. The molecule has 0 saturated heterocycles. The highest BCUT2D eigenvalue weighted by Gasteiger charge is 2.17. The van der Waals surface area contributed by atoms with E-state index in [1.54, 1.807) is 4.57 Å². The second-order valence-corrected chi connectivity index (χ2v) is 9.82. The molecular formula is C23H30N4O3S. The van der Waals surface area contributed by atoms with E-state index in [1.807, 2.05) is 42.5 Å². The van der Waals surface area contributed by atoms with Gasteiger partial charge < -0.3 is 9.88 Å². The molecule has 0 unspecified atom stereocenters. The van der Waals surface area contributed by atoms with Gasteiger partial charge >= 0.3 is 0 Å². The topological polar surface area (TPSA) is 84.3 Å². The molecule has 0 radical (unpaired) electrons. The van der Waals surface area contributed by atoms with E-state index in [-0.39, 0.29) is 18.2 Å². The number of hydrogen-bond acceptors (Lipinski definition) is 5. The highest BCUT2D eigenvalue weighted by Crippen LogP contribution is 2.18. The summed E-state index contributed by atoms with van der Waals surface area (Å²) in [7, 11) is -3.28. The number of imidazole rings is 1. The largest absolute Gasteiger partial charge is 0.350 e. The Bertz CT molecular complexity index is 1150. The third-order valence-corrected chi connectivity index (χ3v) is 6.09. The van der Waals surface area contributed by atoms with Crippen LogP contribution >= 0.6 is 0 Å². The molecule has 7 nitrogen and oxygen atoms in total. The molecular weight excluding hydrogens is 412 g/mol. The van der Waals surface area contributed by atoms with E-state index < -0.39 is 9.84 Å². The summed E-state index contributed by atoms with van der Waals surface area (Å²) in [5.74, 6) is -0.0156. The highest BCUT2D eigenvalue weighted by molar-refractivity contribution is 7.89. The van der Waals surface area contributed by atoms with Crippen molar-refractivity contribution in [3.63, 3.8) is 0 Å². The second kappa shape index (κ2) is 10.1. The smallest absolute Gasteiger partial charge is 0.240 e. The minimum atomic E-state index is -3.28. The van der Waals surface area contributed by atoms with Crippen LogP contribution in [0.15, 0.2) is 48.5 Å². The number of aromatic nitrogens is 2. The zero-order chi connectivity index (χ0) is 22.4. The van der Waals surface area contributed by atoms with E-state index in [0.29, 0.717) is 17.9 Å². The summed E-state index contributed by atoms with van der Waals surface area (Å²) in [4.78, 5) is 19.5. The van der Waals surface area contributed by atoms with Gasteiger partial charge in [0.05, 0.1) is 11.0 Å². The van der Waals surface area contributed by atoms with Crippen molar-refractivity contribution in [2.45, 2.75) is 39.2 Å². The van der Waals surface area contributed by atoms with E-state index in [4.69, 9.17) is 0 Å². The monoisotopic (exact) mass is 442 g/mol. The van der Waals surface area contributed by atoms with E-state index >= 15 is 0 Å². The first-order valence-electron chi connectivity index (χ1n) is 10.5. The van der Waals surface area contributed by atoms with Crippen LogP contribution in [0.3, 0.4) is 0 Å². The number of amides is 1. The number of hydrogen-bond donors (Lipinski definition) is 1. The van der Waals surface area contributed by atoms with Crippen LogP contribution < -0.4 is 5.32 Å². The van der Waals surface area contributed by atoms with Crippen LogP contribution in [0, 0.1) is 0 Å². The molecule has 0 atom stereocenters. The zero-order valence-electron chi connectivity index (χ0n) is 18.3. The van der Waals surface area contributed by atoms with Crippen LogP contribution in [0.5, 0.6) is 0 Å². The average molecular weight is 443 g/mol. The van der Waals surface area contributed by atoms with Gasteiger partial charge in [0.15, 0.2) is 9.84 Å².